The van der Waals surface area contributed by atoms with Gasteiger partial charge < -0.3 is 0 Å². The van der Waals surface area contributed by atoms with Gasteiger partial charge in [-0.25, -0.2) is 0 Å². The zero-order valence-corrected chi connectivity index (χ0v) is 7.73. The van der Waals surface area contributed by atoms with Crippen LogP contribution >= 0.6 is 11.6 Å². The zero-order valence-electron chi connectivity index (χ0n) is 6.97. The molecule has 0 aliphatic rings. The van der Waals surface area contributed by atoms with Crippen LogP contribution in [0.25, 0.3) is 0 Å². The van der Waals surface area contributed by atoms with Gasteiger partial charge in [0.05, 0.1) is 10.6 Å². The number of hydrogen-bond acceptors (Lipinski definition) is 1. The van der Waals surface area contributed by atoms with Crippen LogP contribution in [0.15, 0.2) is 18.2 Å². The quantitative estimate of drug-likeness (QED) is 0.684. The van der Waals surface area contributed by atoms with E-state index in [0.29, 0.717) is 10.6 Å². The molecule has 1 nitrogen and oxygen atoms in total. The Bertz CT molecular complexity index is 312. The predicted molar refractivity (Wildman–Crippen MR) is 50.2 cm³/mol. The lowest BCUT2D eigenvalue weighted by Gasteiger charge is -1.99. The first kappa shape index (κ1) is 9.09. The number of hydrogen-bond donors (Lipinski definition) is 0. The number of nitriles is 1. The normalized spacial score (nSPS) is 9.42. The van der Waals surface area contributed by atoms with Gasteiger partial charge in [0.2, 0.25) is 0 Å². The average molecular weight is 180 g/mol. The maximum atomic E-state index is 8.60. The Morgan fingerprint density at radius 3 is 2.75 bits per heavy atom. The molecule has 1 aromatic rings. The van der Waals surface area contributed by atoms with Gasteiger partial charge in [-0.15, -0.1) is 0 Å². The monoisotopic (exact) mass is 179 g/mol. The average Bonchev–Trinajstić information content (AvgIpc) is 2.05. The van der Waals surface area contributed by atoms with Gasteiger partial charge >= 0.3 is 0 Å². The molecule has 1 aromatic carbocycles. The lowest BCUT2D eigenvalue weighted by Crippen LogP contribution is -1.84. The molecule has 62 valence electrons. The number of benzene rings is 1. The molecule has 0 bridgehead atoms. The molecular formula is C10H10ClN. The molecule has 2 heteroatoms. The molecule has 0 N–H and O–H groups in total. The molecule has 0 aliphatic heterocycles. The molecule has 0 saturated heterocycles. The summed E-state index contributed by atoms with van der Waals surface area (Å²) in [5.41, 5.74) is 1.75. The number of aryl methyl sites for hydroxylation is 1. The van der Waals surface area contributed by atoms with Crippen LogP contribution in [-0.2, 0) is 6.42 Å². The third kappa shape index (κ3) is 1.99. The van der Waals surface area contributed by atoms with Crippen LogP contribution in [0.3, 0.4) is 0 Å². The standard InChI is InChI=1S/C10H10ClN/c1-2-3-8-4-5-9(7-12)10(11)6-8/h4-6H,2-3H2,1H3. The third-order valence-corrected chi connectivity index (χ3v) is 2.01. The van der Waals surface area contributed by atoms with Crippen LogP contribution in [-0.4, -0.2) is 0 Å². The SMILES string of the molecule is CCCc1ccc(C#N)c(Cl)c1. The first-order valence-corrected chi connectivity index (χ1v) is 4.34. The first-order chi connectivity index (χ1) is 5.77. The van der Waals surface area contributed by atoms with Crippen molar-refractivity contribution in [2.24, 2.45) is 0 Å². The third-order valence-electron chi connectivity index (χ3n) is 1.69. The van der Waals surface area contributed by atoms with Crippen molar-refractivity contribution >= 4 is 11.6 Å². The van der Waals surface area contributed by atoms with Gasteiger partial charge in [0, 0.05) is 0 Å². The molecule has 0 amide bonds. The molecule has 12 heavy (non-hydrogen) atoms. The van der Waals surface area contributed by atoms with Crippen LogP contribution in [0, 0.1) is 11.3 Å². The fourth-order valence-corrected chi connectivity index (χ4v) is 1.34. The van der Waals surface area contributed by atoms with Crippen molar-refractivity contribution in [1.29, 1.82) is 5.26 Å². The molecule has 0 saturated carbocycles. The Labute approximate surface area is 77.6 Å². The molecule has 0 heterocycles. The van der Waals surface area contributed by atoms with Crippen LogP contribution in [0.4, 0.5) is 0 Å². The van der Waals surface area contributed by atoms with E-state index in [1.54, 1.807) is 6.07 Å². The maximum absolute atomic E-state index is 8.60. The van der Waals surface area contributed by atoms with Gasteiger partial charge in [-0.2, -0.15) is 5.26 Å². The Balaban J connectivity index is 2.96. The van der Waals surface area contributed by atoms with Gasteiger partial charge in [-0.3, -0.25) is 0 Å². The van der Waals surface area contributed by atoms with Gasteiger partial charge in [0.1, 0.15) is 6.07 Å². The highest BCUT2D eigenvalue weighted by atomic mass is 35.5. The summed E-state index contributed by atoms with van der Waals surface area (Å²) in [6, 6.07) is 7.62. The van der Waals surface area contributed by atoms with Crippen LogP contribution < -0.4 is 0 Å². The minimum Gasteiger partial charge on any atom is -0.192 e. The first-order valence-electron chi connectivity index (χ1n) is 3.96. The van der Waals surface area contributed by atoms with E-state index in [1.807, 2.05) is 18.2 Å². The van der Waals surface area contributed by atoms with E-state index in [9.17, 15) is 0 Å². The van der Waals surface area contributed by atoms with Gasteiger partial charge in [0.15, 0.2) is 0 Å². The summed E-state index contributed by atoms with van der Waals surface area (Å²) in [4.78, 5) is 0. The lowest BCUT2D eigenvalue weighted by atomic mass is 10.1. The lowest BCUT2D eigenvalue weighted by molar-refractivity contribution is 0.922. The fourth-order valence-electron chi connectivity index (χ4n) is 1.09. The van der Waals surface area contributed by atoms with Crippen molar-refractivity contribution in [2.75, 3.05) is 0 Å². The summed E-state index contributed by atoms with van der Waals surface area (Å²) in [6.45, 7) is 2.12. The highest BCUT2D eigenvalue weighted by molar-refractivity contribution is 6.31. The summed E-state index contributed by atoms with van der Waals surface area (Å²) in [7, 11) is 0. The molecule has 0 unspecified atom stereocenters. The number of rotatable bonds is 2. The highest BCUT2D eigenvalue weighted by Gasteiger charge is 1.99. The summed E-state index contributed by atoms with van der Waals surface area (Å²) < 4.78 is 0. The Kier molecular flexibility index (Phi) is 3.13. The van der Waals surface area contributed by atoms with Crippen molar-refractivity contribution in [2.45, 2.75) is 19.8 Å². The summed E-state index contributed by atoms with van der Waals surface area (Å²) in [6.07, 6.45) is 2.12. The minimum absolute atomic E-state index is 0.552. The highest BCUT2D eigenvalue weighted by Crippen LogP contribution is 2.17. The van der Waals surface area contributed by atoms with Crippen molar-refractivity contribution in [3.8, 4) is 6.07 Å². The van der Waals surface area contributed by atoms with E-state index in [0.717, 1.165) is 12.8 Å². The van der Waals surface area contributed by atoms with E-state index in [2.05, 4.69) is 6.92 Å². The van der Waals surface area contributed by atoms with Crippen molar-refractivity contribution in [3.05, 3.63) is 34.3 Å². The van der Waals surface area contributed by atoms with E-state index in [-0.39, 0.29) is 0 Å². The van der Waals surface area contributed by atoms with Gasteiger partial charge in [-0.1, -0.05) is 31.0 Å². The van der Waals surface area contributed by atoms with Crippen LogP contribution in [0.1, 0.15) is 24.5 Å². The Hall–Kier alpha value is -1.00. The second kappa shape index (κ2) is 4.13. The number of nitrogens with zero attached hydrogens (tertiary/aromatic N) is 1. The molecule has 0 atom stereocenters. The smallest absolute Gasteiger partial charge is 0.101 e. The summed E-state index contributed by atoms with van der Waals surface area (Å²) >= 11 is 5.84. The molecule has 1 rings (SSSR count). The van der Waals surface area contributed by atoms with Crippen LogP contribution in [0.2, 0.25) is 5.02 Å². The molecule has 0 aromatic heterocycles. The van der Waals surface area contributed by atoms with Crippen molar-refractivity contribution < 1.29 is 0 Å². The largest absolute Gasteiger partial charge is 0.192 e. The zero-order chi connectivity index (χ0) is 8.97. The van der Waals surface area contributed by atoms with Gasteiger partial charge in [-0.05, 0) is 24.1 Å². The molecule has 0 aliphatic carbocycles. The topological polar surface area (TPSA) is 23.8 Å². The van der Waals surface area contributed by atoms with E-state index >= 15 is 0 Å². The predicted octanol–water partition coefficient (Wildman–Crippen LogP) is 3.16. The second-order valence-corrected chi connectivity index (χ2v) is 3.08. The van der Waals surface area contributed by atoms with E-state index in [1.165, 1.54) is 5.56 Å². The van der Waals surface area contributed by atoms with Gasteiger partial charge in [0.25, 0.3) is 0 Å². The summed E-state index contributed by atoms with van der Waals surface area (Å²) in [5, 5.41) is 9.16. The van der Waals surface area contributed by atoms with Crippen LogP contribution in [0.5, 0.6) is 0 Å². The Morgan fingerprint density at radius 1 is 1.50 bits per heavy atom. The Morgan fingerprint density at radius 2 is 2.25 bits per heavy atom. The van der Waals surface area contributed by atoms with Crippen molar-refractivity contribution in [1.82, 2.24) is 0 Å². The number of halogens is 1. The molecule has 0 radical (unpaired) electrons. The molecule has 0 fully saturated rings. The summed E-state index contributed by atoms with van der Waals surface area (Å²) in [5.74, 6) is 0. The molecule has 0 spiro atoms. The molecular weight excluding hydrogens is 170 g/mol. The van der Waals surface area contributed by atoms with Crippen molar-refractivity contribution in [3.63, 3.8) is 0 Å². The van der Waals surface area contributed by atoms with E-state index in [4.69, 9.17) is 16.9 Å². The van der Waals surface area contributed by atoms with E-state index < -0.39 is 0 Å². The fraction of sp³-hybridized carbons (Fsp3) is 0.300. The minimum atomic E-state index is 0.552. The maximum Gasteiger partial charge on any atom is 0.101 e. The second-order valence-electron chi connectivity index (χ2n) is 2.68.